The van der Waals surface area contributed by atoms with Gasteiger partial charge < -0.3 is 4.57 Å². The van der Waals surface area contributed by atoms with Crippen LogP contribution in [0.25, 0.3) is 10.8 Å². The maximum atomic E-state index is 13.2. The second kappa shape index (κ2) is 6.37. The minimum atomic E-state index is 0.0308. The number of nitrogens with one attached hydrogen (secondary N) is 1. The van der Waals surface area contributed by atoms with Crippen molar-refractivity contribution in [1.82, 2.24) is 14.8 Å². The van der Waals surface area contributed by atoms with Crippen LogP contribution in [0.3, 0.4) is 0 Å². The minimum Gasteiger partial charge on any atom is -0.309 e. The Labute approximate surface area is 141 Å². The highest BCUT2D eigenvalue weighted by Crippen LogP contribution is 2.23. The number of rotatable bonds is 2. The van der Waals surface area contributed by atoms with Crippen LogP contribution in [0, 0.1) is 11.8 Å². The van der Waals surface area contributed by atoms with Crippen LogP contribution in [0.5, 0.6) is 0 Å². The summed E-state index contributed by atoms with van der Waals surface area (Å²) in [6.45, 7) is 8.31. The van der Waals surface area contributed by atoms with Crippen molar-refractivity contribution in [3.8, 4) is 11.8 Å². The molecule has 3 aromatic rings. The molecular formula is C20H21N3O. The lowest BCUT2D eigenvalue weighted by Crippen LogP contribution is -2.26. The van der Waals surface area contributed by atoms with Crippen LogP contribution in [-0.2, 0) is 0 Å². The summed E-state index contributed by atoms with van der Waals surface area (Å²) < 4.78 is 1.88. The normalized spacial score (nSPS) is 11.1. The molecule has 0 saturated carbocycles. The van der Waals surface area contributed by atoms with Gasteiger partial charge in [0.1, 0.15) is 0 Å². The second-order valence-electron chi connectivity index (χ2n) is 6.50. The molecule has 0 radical (unpaired) electrons. The smallest absolute Gasteiger partial charge is 0.260 e. The maximum Gasteiger partial charge on any atom is 0.260 e. The number of aromatic nitrogens is 3. The summed E-state index contributed by atoms with van der Waals surface area (Å²) in [7, 11) is 0. The van der Waals surface area contributed by atoms with Crippen LogP contribution in [0.15, 0.2) is 41.5 Å². The van der Waals surface area contributed by atoms with Crippen LogP contribution in [0.1, 0.15) is 56.5 Å². The lowest BCUT2D eigenvalue weighted by molar-refractivity contribution is 0.539. The van der Waals surface area contributed by atoms with Crippen LogP contribution in [0.4, 0.5) is 0 Å². The maximum absolute atomic E-state index is 13.2. The molecule has 0 spiro atoms. The summed E-state index contributed by atoms with van der Waals surface area (Å²) in [5.41, 5.74) is 2.64. The SMILES string of the molecule is CC(C)c1cc2cccc(C#Cc3cn[nH]c3)c2c(=O)n1C(C)C. The zero-order valence-electron chi connectivity index (χ0n) is 14.4. The molecule has 3 rings (SSSR count). The third-order valence-corrected chi connectivity index (χ3v) is 4.06. The molecule has 1 N–H and O–H groups in total. The second-order valence-corrected chi connectivity index (χ2v) is 6.50. The molecule has 4 nitrogen and oxygen atoms in total. The quantitative estimate of drug-likeness (QED) is 0.730. The Bertz CT molecular complexity index is 983. The Balaban J connectivity index is 2.30. The van der Waals surface area contributed by atoms with Crippen LogP contribution < -0.4 is 5.56 Å². The van der Waals surface area contributed by atoms with Gasteiger partial charge in [0.05, 0.1) is 17.1 Å². The lowest BCUT2D eigenvalue weighted by Gasteiger charge is -2.20. The molecule has 0 saturated heterocycles. The van der Waals surface area contributed by atoms with Crippen molar-refractivity contribution in [2.45, 2.75) is 39.7 Å². The first-order chi connectivity index (χ1) is 11.5. The number of aromatic amines is 1. The molecule has 0 unspecified atom stereocenters. The van der Waals surface area contributed by atoms with E-state index in [9.17, 15) is 4.79 Å². The van der Waals surface area contributed by atoms with Crippen LogP contribution in [-0.4, -0.2) is 14.8 Å². The van der Waals surface area contributed by atoms with E-state index in [1.54, 1.807) is 12.4 Å². The summed E-state index contributed by atoms with van der Waals surface area (Å²) in [4.78, 5) is 13.2. The summed E-state index contributed by atoms with van der Waals surface area (Å²) in [6.07, 6.45) is 3.41. The monoisotopic (exact) mass is 319 g/mol. The van der Waals surface area contributed by atoms with Gasteiger partial charge in [-0.15, -0.1) is 0 Å². The van der Waals surface area contributed by atoms with E-state index >= 15 is 0 Å². The molecule has 0 aliphatic rings. The van der Waals surface area contributed by atoms with Gasteiger partial charge in [-0.25, -0.2) is 0 Å². The van der Waals surface area contributed by atoms with E-state index in [2.05, 4.69) is 42.0 Å². The van der Waals surface area contributed by atoms with Crippen molar-refractivity contribution in [3.05, 3.63) is 63.8 Å². The van der Waals surface area contributed by atoms with Crippen molar-refractivity contribution in [1.29, 1.82) is 0 Å². The average molecular weight is 319 g/mol. The first-order valence-electron chi connectivity index (χ1n) is 8.18. The molecule has 0 aliphatic carbocycles. The number of hydrogen-bond acceptors (Lipinski definition) is 2. The molecule has 0 atom stereocenters. The molecule has 4 heteroatoms. The fourth-order valence-electron chi connectivity index (χ4n) is 2.94. The molecule has 24 heavy (non-hydrogen) atoms. The number of H-pyrrole nitrogens is 1. The van der Waals surface area contributed by atoms with E-state index in [4.69, 9.17) is 0 Å². The van der Waals surface area contributed by atoms with Gasteiger partial charge in [-0.1, -0.05) is 37.8 Å². The van der Waals surface area contributed by atoms with Gasteiger partial charge in [0.2, 0.25) is 0 Å². The molecule has 2 heterocycles. The predicted molar refractivity (Wildman–Crippen MR) is 97.2 cm³/mol. The average Bonchev–Trinajstić information content (AvgIpc) is 3.05. The van der Waals surface area contributed by atoms with Crippen molar-refractivity contribution in [3.63, 3.8) is 0 Å². The first kappa shape index (κ1) is 16.1. The Morgan fingerprint density at radius 1 is 1.17 bits per heavy atom. The fraction of sp³-hybridized carbons (Fsp3) is 0.300. The highest BCUT2D eigenvalue weighted by molar-refractivity contribution is 5.88. The van der Waals surface area contributed by atoms with Crippen molar-refractivity contribution >= 4 is 10.8 Å². The van der Waals surface area contributed by atoms with Crippen molar-refractivity contribution in [2.24, 2.45) is 0 Å². The topological polar surface area (TPSA) is 50.7 Å². The van der Waals surface area contributed by atoms with Gasteiger partial charge in [-0.3, -0.25) is 9.89 Å². The zero-order chi connectivity index (χ0) is 17.3. The molecule has 122 valence electrons. The number of nitrogens with zero attached hydrogens (tertiary/aromatic N) is 2. The Hall–Kier alpha value is -2.80. The van der Waals surface area contributed by atoms with Gasteiger partial charge >= 0.3 is 0 Å². The van der Waals surface area contributed by atoms with E-state index in [-0.39, 0.29) is 17.5 Å². The van der Waals surface area contributed by atoms with Crippen molar-refractivity contribution in [2.75, 3.05) is 0 Å². The molecular weight excluding hydrogens is 298 g/mol. The summed E-state index contributed by atoms with van der Waals surface area (Å²) in [6, 6.07) is 8.05. The Kier molecular flexibility index (Phi) is 4.26. The summed E-state index contributed by atoms with van der Waals surface area (Å²) in [5.74, 6) is 6.46. The lowest BCUT2D eigenvalue weighted by atomic mass is 10.0. The van der Waals surface area contributed by atoms with Gasteiger partial charge in [0.15, 0.2) is 0 Å². The van der Waals surface area contributed by atoms with Crippen molar-refractivity contribution < 1.29 is 0 Å². The number of hydrogen-bond donors (Lipinski definition) is 1. The third kappa shape index (κ3) is 2.85. The van der Waals surface area contributed by atoms with Crippen LogP contribution >= 0.6 is 0 Å². The molecule has 0 amide bonds. The Morgan fingerprint density at radius 2 is 1.96 bits per heavy atom. The van der Waals surface area contributed by atoms with E-state index < -0.39 is 0 Å². The zero-order valence-corrected chi connectivity index (χ0v) is 14.4. The van der Waals surface area contributed by atoms with Gasteiger partial charge in [0, 0.05) is 23.5 Å². The highest BCUT2D eigenvalue weighted by atomic mass is 16.1. The minimum absolute atomic E-state index is 0.0308. The predicted octanol–water partition coefficient (Wildman–Crippen LogP) is 3.83. The third-order valence-electron chi connectivity index (χ3n) is 4.06. The molecule has 0 bridgehead atoms. The summed E-state index contributed by atoms with van der Waals surface area (Å²) in [5, 5.41) is 8.26. The molecule has 1 aromatic carbocycles. The number of benzene rings is 1. The number of pyridine rings is 1. The van der Waals surface area contributed by atoms with Crippen LogP contribution in [0.2, 0.25) is 0 Å². The van der Waals surface area contributed by atoms with E-state index in [1.165, 1.54) is 0 Å². The van der Waals surface area contributed by atoms with Gasteiger partial charge in [0.25, 0.3) is 5.56 Å². The fourth-order valence-corrected chi connectivity index (χ4v) is 2.94. The largest absolute Gasteiger partial charge is 0.309 e. The Morgan fingerprint density at radius 3 is 2.58 bits per heavy atom. The van der Waals surface area contributed by atoms with Gasteiger partial charge in [-0.05, 0) is 37.3 Å². The number of fused-ring (bicyclic) bond motifs is 1. The van der Waals surface area contributed by atoms with E-state index in [0.717, 1.165) is 22.2 Å². The first-order valence-corrected chi connectivity index (χ1v) is 8.18. The van der Waals surface area contributed by atoms with E-state index in [1.807, 2.05) is 36.6 Å². The summed E-state index contributed by atoms with van der Waals surface area (Å²) >= 11 is 0. The highest BCUT2D eigenvalue weighted by Gasteiger charge is 2.15. The molecule has 2 aromatic heterocycles. The van der Waals surface area contributed by atoms with Gasteiger partial charge in [-0.2, -0.15) is 5.10 Å². The molecule has 0 aliphatic heterocycles. The standard InChI is InChI=1S/C20H21N3O/c1-13(2)18-10-17-7-5-6-16(9-8-15-11-21-22-12-15)19(17)20(24)23(18)14(3)4/h5-7,10-14H,1-4H3,(H,21,22). The molecule has 0 fully saturated rings. The van der Waals surface area contributed by atoms with E-state index in [0.29, 0.717) is 5.39 Å².